The topological polar surface area (TPSA) is 15.3 Å². The zero-order valence-electron chi connectivity index (χ0n) is 6.69. The Labute approximate surface area is 62.6 Å². The molecule has 0 amide bonds. The molecule has 0 radical (unpaired) electrons. The lowest BCUT2D eigenvalue weighted by Crippen LogP contribution is -2.54. The molecule has 2 aliphatic rings. The highest BCUT2D eigenvalue weighted by molar-refractivity contribution is 4.98. The molecule has 0 aliphatic carbocycles. The summed E-state index contributed by atoms with van der Waals surface area (Å²) in [6.45, 7) is 8.70. The van der Waals surface area contributed by atoms with Gasteiger partial charge in [-0.1, -0.05) is 6.92 Å². The smallest absolute Gasteiger partial charge is 0.00918 e. The molecule has 0 aromatic heterocycles. The normalized spacial score (nSPS) is 30.9. The molecule has 2 nitrogen and oxygen atoms in total. The van der Waals surface area contributed by atoms with Crippen LogP contribution in [0, 0.1) is 5.41 Å². The van der Waals surface area contributed by atoms with Crippen LogP contribution in [0.15, 0.2) is 0 Å². The van der Waals surface area contributed by atoms with E-state index in [0.29, 0.717) is 5.41 Å². The maximum atomic E-state index is 3.36. The summed E-state index contributed by atoms with van der Waals surface area (Å²) in [6, 6.07) is 0. The van der Waals surface area contributed by atoms with Crippen LogP contribution in [-0.2, 0) is 0 Å². The fourth-order valence-corrected chi connectivity index (χ4v) is 2.06. The average Bonchev–Trinajstić information content (AvgIpc) is 2.29. The summed E-state index contributed by atoms with van der Waals surface area (Å²) in [5.74, 6) is 0. The molecular formula is C8H16N2. The van der Waals surface area contributed by atoms with Gasteiger partial charge in [-0.3, -0.25) is 0 Å². The van der Waals surface area contributed by atoms with Crippen molar-refractivity contribution >= 4 is 0 Å². The van der Waals surface area contributed by atoms with E-state index in [9.17, 15) is 0 Å². The fraction of sp³-hybridized carbons (Fsp3) is 1.00. The van der Waals surface area contributed by atoms with Gasteiger partial charge in [0, 0.05) is 25.0 Å². The van der Waals surface area contributed by atoms with Crippen LogP contribution in [0.1, 0.15) is 13.3 Å². The first-order valence-electron chi connectivity index (χ1n) is 4.28. The van der Waals surface area contributed by atoms with Crippen molar-refractivity contribution in [2.75, 3.05) is 32.7 Å². The Bertz CT molecular complexity index is 129. The van der Waals surface area contributed by atoms with Crippen LogP contribution in [0.5, 0.6) is 0 Å². The number of likely N-dealkylation sites (tertiary alicyclic amines) is 1. The second kappa shape index (κ2) is 2.21. The van der Waals surface area contributed by atoms with Crippen molar-refractivity contribution in [2.45, 2.75) is 13.3 Å². The minimum Gasteiger partial charge on any atom is -0.315 e. The highest BCUT2D eigenvalue weighted by Crippen LogP contribution is 2.33. The van der Waals surface area contributed by atoms with Crippen molar-refractivity contribution in [3.05, 3.63) is 0 Å². The zero-order valence-corrected chi connectivity index (χ0v) is 6.69. The van der Waals surface area contributed by atoms with E-state index in [4.69, 9.17) is 0 Å². The van der Waals surface area contributed by atoms with Gasteiger partial charge in [-0.25, -0.2) is 0 Å². The van der Waals surface area contributed by atoms with Gasteiger partial charge in [-0.05, 0) is 19.5 Å². The van der Waals surface area contributed by atoms with E-state index >= 15 is 0 Å². The molecule has 2 heteroatoms. The Morgan fingerprint density at radius 3 is 2.60 bits per heavy atom. The lowest BCUT2D eigenvalue weighted by Gasteiger charge is -2.39. The van der Waals surface area contributed by atoms with E-state index in [1.54, 1.807) is 0 Å². The number of hydrogen-bond donors (Lipinski definition) is 1. The quantitative estimate of drug-likeness (QED) is 0.563. The van der Waals surface area contributed by atoms with Gasteiger partial charge in [0.05, 0.1) is 0 Å². The van der Waals surface area contributed by atoms with Crippen molar-refractivity contribution < 1.29 is 0 Å². The second-order valence-electron chi connectivity index (χ2n) is 3.72. The van der Waals surface area contributed by atoms with E-state index in [1.807, 2.05) is 0 Å². The summed E-state index contributed by atoms with van der Waals surface area (Å²) in [7, 11) is 0. The van der Waals surface area contributed by atoms with Crippen molar-refractivity contribution in [1.29, 1.82) is 0 Å². The Morgan fingerprint density at radius 1 is 1.50 bits per heavy atom. The molecule has 1 spiro atoms. The predicted octanol–water partition coefficient (Wildman–Crippen LogP) is 0.302. The Balaban J connectivity index is 1.92. The van der Waals surface area contributed by atoms with Gasteiger partial charge in [0.2, 0.25) is 0 Å². The van der Waals surface area contributed by atoms with Gasteiger partial charge in [-0.2, -0.15) is 0 Å². The number of nitrogens with one attached hydrogen (secondary N) is 1. The molecule has 2 rings (SSSR count). The highest BCUT2D eigenvalue weighted by atomic mass is 15.2. The Hall–Kier alpha value is -0.0800. The molecule has 0 bridgehead atoms. The van der Waals surface area contributed by atoms with Crippen LogP contribution < -0.4 is 5.32 Å². The molecule has 58 valence electrons. The lowest BCUT2D eigenvalue weighted by atomic mass is 9.81. The molecule has 0 aromatic carbocycles. The van der Waals surface area contributed by atoms with E-state index in [1.165, 1.54) is 39.1 Å². The van der Waals surface area contributed by atoms with Crippen molar-refractivity contribution in [3.63, 3.8) is 0 Å². The first-order valence-corrected chi connectivity index (χ1v) is 4.28. The van der Waals surface area contributed by atoms with Crippen LogP contribution >= 0.6 is 0 Å². The van der Waals surface area contributed by atoms with E-state index in [0.717, 1.165) is 0 Å². The molecule has 0 saturated carbocycles. The SMILES string of the molecule is CCN1CCC2(CNC2)C1. The monoisotopic (exact) mass is 140 g/mol. The van der Waals surface area contributed by atoms with Crippen molar-refractivity contribution in [1.82, 2.24) is 10.2 Å². The number of rotatable bonds is 1. The summed E-state index contributed by atoms with van der Waals surface area (Å²) in [4.78, 5) is 2.56. The van der Waals surface area contributed by atoms with Gasteiger partial charge in [0.25, 0.3) is 0 Å². The molecule has 2 saturated heterocycles. The molecule has 2 fully saturated rings. The van der Waals surface area contributed by atoms with Gasteiger partial charge in [-0.15, -0.1) is 0 Å². The maximum absolute atomic E-state index is 3.36. The van der Waals surface area contributed by atoms with Gasteiger partial charge in [0.1, 0.15) is 0 Å². The predicted molar refractivity (Wildman–Crippen MR) is 42.0 cm³/mol. The first kappa shape index (κ1) is 6.62. The Kier molecular flexibility index (Phi) is 1.46. The van der Waals surface area contributed by atoms with E-state index in [2.05, 4.69) is 17.1 Å². The minimum atomic E-state index is 0.704. The van der Waals surface area contributed by atoms with Crippen LogP contribution in [-0.4, -0.2) is 37.6 Å². The second-order valence-corrected chi connectivity index (χ2v) is 3.72. The van der Waals surface area contributed by atoms with Gasteiger partial charge < -0.3 is 10.2 Å². The highest BCUT2D eigenvalue weighted by Gasteiger charge is 2.42. The molecule has 0 aromatic rings. The van der Waals surface area contributed by atoms with E-state index < -0.39 is 0 Å². The third kappa shape index (κ3) is 0.867. The third-order valence-corrected chi connectivity index (χ3v) is 2.96. The summed E-state index contributed by atoms with van der Waals surface area (Å²) in [6.07, 6.45) is 1.42. The maximum Gasteiger partial charge on any atom is 0.00918 e. The number of hydrogen-bond acceptors (Lipinski definition) is 2. The zero-order chi connectivity index (χ0) is 7.03. The molecule has 2 heterocycles. The lowest BCUT2D eigenvalue weighted by molar-refractivity contribution is 0.171. The first-order chi connectivity index (χ1) is 4.85. The van der Waals surface area contributed by atoms with Gasteiger partial charge >= 0.3 is 0 Å². The number of nitrogens with zero attached hydrogens (tertiary/aromatic N) is 1. The van der Waals surface area contributed by atoms with Crippen LogP contribution in [0.25, 0.3) is 0 Å². The molecule has 2 aliphatic heterocycles. The summed E-state index contributed by atoms with van der Waals surface area (Å²) in [5, 5.41) is 3.36. The minimum absolute atomic E-state index is 0.704. The summed E-state index contributed by atoms with van der Waals surface area (Å²) in [5.41, 5.74) is 0.704. The molecular weight excluding hydrogens is 124 g/mol. The molecule has 10 heavy (non-hydrogen) atoms. The largest absolute Gasteiger partial charge is 0.315 e. The standard InChI is InChI=1S/C8H16N2/c1-2-10-4-3-8(7-10)5-9-6-8/h9H,2-7H2,1H3. The summed E-state index contributed by atoms with van der Waals surface area (Å²) >= 11 is 0. The molecule has 0 unspecified atom stereocenters. The van der Waals surface area contributed by atoms with Crippen LogP contribution in [0.2, 0.25) is 0 Å². The third-order valence-electron chi connectivity index (χ3n) is 2.96. The van der Waals surface area contributed by atoms with Gasteiger partial charge in [0.15, 0.2) is 0 Å². The average molecular weight is 140 g/mol. The molecule has 0 atom stereocenters. The van der Waals surface area contributed by atoms with Crippen LogP contribution in [0.3, 0.4) is 0 Å². The van der Waals surface area contributed by atoms with Crippen molar-refractivity contribution in [2.24, 2.45) is 5.41 Å². The van der Waals surface area contributed by atoms with E-state index in [-0.39, 0.29) is 0 Å². The Morgan fingerprint density at radius 2 is 2.30 bits per heavy atom. The summed E-state index contributed by atoms with van der Waals surface area (Å²) < 4.78 is 0. The van der Waals surface area contributed by atoms with Crippen LogP contribution in [0.4, 0.5) is 0 Å². The van der Waals surface area contributed by atoms with Crippen molar-refractivity contribution in [3.8, 4) is 0 Å². The molecule has 1 N–H and O–H groups in total. The fourth-order valence-electron chi connectivity index (χ4n) is 2.06.